The fourth-order valence-corrected chi connectivity index (χ4v) is 1.87. The molecular weight excluding hydrogens is 216 g/mol. The van der Waals surface area contributed by atoms with E-state index in [9.17, 15) is 5.11 Å². The van der Waals surface area contributed by atoms with E-state index in [4.69, 9.17) is 9.47 Å². The zero-order valence-corrected chi connectivity index (χ0v) is 11.1. The molecule has 0 aliphatic carbocycles. The summed E-state index contributed by atoms with van der Waals surface area (Å²) >= 11 is 0. The van der Waals surface area contributed by atoms with Gasteiger partial charge in [0.15, 0.2) is 0 Å². The smallest absolute Gasteiger partial charge is 0.0716 e. The van der Waals surface area contributed by atoms with Crippen LogP contribution in [0, 0.1) is 0 Å². The largest absolute Gasteiger partial charge is 0.390 e. The number of hydrogen-bond donors (Lipinski definition) is 1. The van der Waals surface area contributed by atoms with Gasteiger partial charge in [-0.3, -0.25) is 0 Å². The Balaban J connectivity index is 2.92. The zero-order valence-electron chi connectivity index (χ0n) is 11.1. The topological polar surface area (TPSA) is 38.7 Å². The Bertz CT molecular complexity index is 353. The Hall–Kier alpha value is -0.900. The first-order chi connectivity index (χ1) is 7.96. The molecule has 1 aromatic rings. The van der Waals surface area contributed by atoms with Gasteiger partial charge >= 0.3 is 0 Å². The first kappa shape index (κ1) is 14.2. The van der Waals surface area contributed by atoms with Crippen LogP contribution in [0.2, 0.25) is 0 Å². The van der Waals surface area contributed by atoms with Gasteiger partial charge in [-0.15, -0.1) is 0 Å². The van der Waals surface area contributed by atoms with Crippen LogP contribution in [0.1, 0.15) is 30.5 Å². The van der Waals surface area contributed by atoms with Crippen molar-refractivity contribution in [3.05, 3.63) is 34.9 Å². The van der Waals surface area contributed by atoms with Gasteiger partial charge < -0.3 is 14.6 Å². The lowest BCUT2D eigenvalue weighted by molar-refractivity contribution is 0.0809. The van der Waals surface area contributed by atoms with Crippen LogP contribution in [0.25, 0.3) is 0 Å². The van der Waals surface area contributed by atoms with E-state index >= 15 is 0 Å². The second kappa shape index (κ2) is 6.15. The lowest BCUT2D eigenvalue weighted by atomic mass is 9.95. The average Bonchev–Trinajstić information content (AvgIpc) is 2.20. The SMILES string of the molecule is COCc1ccc(CC(C)(C)O)cc1COC. The number of hydrogen-bond acceptors (Lipinski definition) is 3. The third-order valence-electron chi connectivity index (χ3n) is 2.51. The third kappa shape index (κ3) is 4.86. The molecule has 0 unspecified atom stereocenters. The fraction of sp³-hybridized carbons (Fsp3) is 0.571. The summed E-state index contributed by atoms with van der Waals surface area (Å²) < 4.78 is 10.3. The van der Waals surface area contributed by atoms with Crippen LogP contribution in [0.15, 0.2) is 18.2 Å². The molecule has 1 aromatic carbocycles. The number of rotatable bonds is 6. The highest BCUT2D eigenvalue weighted by molar-refractivity contribution is 5.32. The number of benzene rings is 1. The molecule has 96 valence electrons. The summed E-state index contributed by atoms with van der Waals surface area (Å²) in [6, 6.07) is 6.15. The monoisotopic (exact) mass is 238 g/mol. The molecule has 0 heterocycles. The van der Waals surface area contributed by atoms with Gasteiger partial charge in [0.05, 0.1) is 18.8 Å². The minimum atomic E-state index is -0.687. The molecule has 1 N–H and O–H groups in total. The van der Waals surface area contributed by atoms with Crippen LogP contribution < -0.4 is 0 Å². The molecule has 17 heavy (non-hydrogen) atoms. The van der Waals surface area contributed by atoms with Crippen molar-refractivity contribution in [1.82, 2.24) is 0 Å². The zero-order chi connectivity index (χ0) is 12.9. The van der Waals surface area contributed by atoms with Crippen LogP contribution in [0.5, 0.6) is 0 Å². The molecule has 0 spiro atoms. The minimum absolute atomic E-state index is 0.568. The predicted molar refractivity (Wildman–Crippen MR) is 67.9 cm³/mol. The van der Waals surface area contributed by atoms with Crippen molar-refractivity contribution < 1.29 is 14.6 Å². The van der Waals surface area contributed by atoms with Gasteiger partial charge in [-0.05, 0) is 30.5 Å². The molecule has 0 fully saturated rings. The Labute approximate surface area is 103 Å². The summed E-state index contributed by atoms with van der Waals surface area (Å²) in [7, 11) is 3.36. The van der Waals surface area contributed by atoms with Gasteiger partial charge in [-0.25, -0.2) is 0 Å². The molecule has 0 aromatic heterocycles. The fourth-order valence-electron chi connectivity index (χ4n) is 1.87. The summed E-state index contributed by atoms with van der Waals surface area (Å²) in [4.78, 5) is 0. The molecule has 0 saturated carbocycles. The Morgan fingerprint density at radius 2 is 1.65 bits per heavy atom. The molecule has 3 nitrogen and oxygen atoms in total. The van der Waals surface area contributed by atoms with Crippen LogP contribution >= 0.6 is 0 Å². The quantitative estimate of drug-likeness (QED) is 0.826. The van der Waals surface area contributed by atoms with Crippen molar-refractivity contribution in [2.75, 3.05) is 14.2 Å². The Morgan fingerprint density at radius 1 is 1.06 bits per heavy atom. The van der Waals surface area contributed by atoms with E-state index < -0.39 is 5.60 Å². The van der Waals surface area contributed by atoms with Gasteiger partial charge in [0.25, 0.3) is 0 Å². The summed E-state index contributed by atoms with van der Waals surface area (Å²) in [5.41, 5.74) is 2.68. The number of ether oxygens (including phenoxy) is 2. The van der Waals surface area contributed by atoms with E-state index in [1.165, 1.54) is 0 Å². The second-order valence-electron chi connectivity index (χ2n) is 4.96. The molecule has 0 aliphatic rings. The highest BCUT2D eigenvalue weighted by Gasteiger charge is 2.14. The van der Waals surface area contributed by atoms with E-state index in [2.05, 4.69) is 6.07 Å². The standard InChI is InChI=1S/C14H22O3/c1-14(2,15)8-11-5-6-12(9-16-3)13(7-11)10-17-4/h5-7,15H,8-10H2,1-4H3. The molecule has 0 atom stereocenters. The molecule has 0 aliphatic heterocycles. The van der Waals surface area contributed by atoms with Crippen LogP contribution in [0.3, 0.4) is 0 Å². The van der Waals surface area contributed by atoms with Gasteiger partial charge in [0.2, 0.25) is 0 Å². The van der Waals surface area contributed by atoms with Crippen molar-refractivity contribution in [2.45, 2.75) is 39.1 Å². The van der Waals surface area contributed by atoms with E-state index in [1.54, 1.807) is 14.2 Å². The summed E-state index contributed by atoms with van der Waals surface area (Å²) in [6.45, 7) is 4.78. The minimum Gasteiger partial charge on any atom is -0.390 e. The van der Waals surface area contributed by atoms with Crippen LogP contribution in [0.4, 0.5) is 0 Å². The maximum Gasteiger partial charge on any atom is 0.0716 e. The van der Waals surface area contributed by atoms with Crippen molar-refractivity contribution in [2.24, 2.45) is 0 Å². The van der Waals surface area contributed by atoms with E-state index in [1.807, 2.05) is 26.0 Å². The maximum atomic E-state index is 9.81. The van der Waals surface area contributed by atoms with E-state index in [0.29, 0.717) is 19.6 Å². The van der Waals surface area contributed by atoms with Gasteiger partial charge in [-0.1, -0.05) is 18.2 Å². The van der Waals surface area contributed by atoms with E-state index in [-0.39, 0.29) is 0 Å². The molecule has 1 rings (SSSR count). The molecule has 3 heteroatoms. The van der Waals surface area contributed by atoms with Crippen LogP contribution in [-0.4, -0.2) is 24.9 Å². The number of aliphatic hydroxyl groups is 1. The molecule has 0 saturated heterocycles. The highest BCUT2D eigenvalue weighted by atomic mass is 16.5. The van der Waals surface area contributed by atoms with Crippen molar-refractivity contribution in [3.8, 4) is 0 Å². The van der Waals surface area contributed by atoms with Gasteiger partial charge in [-0.2, -0.15) is 0 Å². The normalized spacial score (nSPS) is 11.8. The summed E-state index contributed by atoms with van der Waals surface area (Å²) in [5, 5.41) is 9.81. The molecular formula is C14H22O3. The second-order valence-corrected chi connectivity index (χ2v) is 4.96. The van der Waals surface area contributed by atoms with E-state index in [0.717, 1.165) is 16.7 Å². The van der Waals surface area contributed by atoms with Crippen molar-refractivity contribution in [3.63, 3.8) is 0 Å². The van der Waals surface area contributed by atoms with Gasteiger partial charge in [0, 0.05) is 20.6 Å². The lowest BCUT2D eigenvalue weighted by Gasteiger charge is -2.18. The van der Waals surface area contributed by atoms with Gasteiger partial charge in [0.1, 0.15) is 0 Å². The highest BCUT2D eigenvalue weighted by Crippen LogP contribution is 2.18. The first-order valence-corrected chi connectivity index (χ1v) is 5.77. The van der Waals surface area contributed by atoms with Crippen LogP contribution in [-0.2, 0) is 29.1 Å². The number of methoxy groups -OCH3 is 2. The Kier molecular flexibility index (Phi) is 5.12. The van der Waals surface area contributed by atoms with Crippen molar-refractivity contribution in [1.29, 1.82) is 0 Å². The summed E-state index contributed by atoms with van der Waals surface area (Å²) in [6.07, 6.45) is 0.636. The third-order valence-corrected chi connectivity index (χ3v) is 2.51. The Morgan fingerprint density at radius 3 is 2.18 bits per heavy atom. The summed E-state index contributed by atoms with van der Waals surface area (Å²) in [5.74, 6) is 0. The maximum absolute atomic E-state index is 9.81. The molecule has 0 bridgehead atoms. The lowest BCUT2D eigenvalue weighted by Crippen LogP contribution is -2.22. The molecule has 0 amide bonds. The first-order valence-electron chi connectivity index (χ1n) is 5.77. The van der Waals surface area contributed by atoms with Crippen molar-refractivity contribution >= 4 is 0 Å². The predicted octanol–water partition coefficient (Wildman–Crippen LogP) is 2.29. The molecule has 0 radical (unpaired) electrons. The average molecular weight is 238 g/mol.